The third-order valence-electron chi connectivity index (χ3n) is 4.53. The van der Waals surface area contributed by atoms with E-state index in [1.54, 1.807) is 44.6 Å². The van der Waals surface area contributed by atoms with Crippen LogP contribution in [0.1, 0.15) is 22.3 Å². The summed E-state index contributed by atoms with van der Waals surface area (Å²) in [7, 11) is 3.13. The summed E-state index contributed by atoms with van der Waals surface area (Å²) in [4.78, 5) is 24.6. The summed E-state index contributed by atoms with van der Waals surface area (Å²) in [6, 6.07) is 19.3. The SMILES string of the molecule is COc1cc(Br)c(CCC(=O)Oc2ccc(C(=O)Nc3ccccc3)cc2)cc1OC. The highest BCUT2D eigenvalue weighted by atomic mass is 79.9. The minimum atomic E-state index is -0.372. The van der Waals surface area contributed by atoms with Crippen LogP contribution in [0.2, 0.25) is 0 Å². The molecule has 0 radical (unpaired) electrons. The number of nitrogens with one attached hydrogen (secondary N) is 1. The molecule has 1 N–H and O–H groups in total. The first-order valence-electron chi connectivity index (χ1n) is 9.57. The molecule has 0 heterocycles. The Balaban J connectivity index is 1.56. The van der Waals surface area contributed by atoms with Gasteiger partial charge in [-0.1, -0.05) is 34.1 Å². The van der Waals surface area contributed by atoms with Crippen molar-refractivity contribution >= 4 is 33.5 Å². The molecule has 0 saturated carbocycles. The van der Waals surface area contributed by atoms with E-state index in [0.29, 0.717) is 34.9 Å². The number of hydrogen-bond donors (Lipinski definition) is 1. The van der Waals surface area contributed by atoms with Crippen LogP contribution in [0.25, 0.3) is 0 Å². The first-order valence-corrected chi connectivity index (χ1v) is 10.4. The lowest BCUT2D eigenvalue weighted by Gasteiger charge is -2.12. The number of esters is 1. The number of ether oxygens (including phenoxy) is 3. The number of para-hydroxylation sites is 1. The number of aryl methyl sites for hydroxylation is 1. The number of hydrogen-bond acceptors (Lipinski definition) is 5. The number of amides is 1. The fraction of sp³-hybridized carbons (Fsp3) is 0.167. The molecule has 0 unspecified atom stereocenters. The van der Waals surface area contributed by atoms with E-state index < -0.39 is 0 Å². The Labute approximate surface area is 189 Å². The first kappa shape index (κ1) is 22.4. The van der Waals surface area contributed by atoms with Crippen molar-refractivity contribution in [3.05, 3.63) is 82.3 Å². The molecule has 0 saturated heterocycles. The van der Waals surface area contributed by atoms with Gasteiger partial charge in [-0.2, -0.15) is 0 Å². The second-order valence-electron chi connectivity index (χ2n) is 6.62. The van der Waals surface area contributed by atoms with E-state index in [4.69, 9.17) is 14.2 Å². The lowest BCUT2D eigenvalue weighted by atomic mass is 10.1. The molecule has 31 heavy (non-hydrogen) atoms. The van der Waals surface area contributed by atoms with E-state index in [1.807, 2.05) is 36.4 Å². The largest absolute Gasteiger partial charge is 0.493 e. The molecule has 3 aromatic rings. The van der Waals surface area contributed by atoms with Gasteiger partial charge in [0.25, 0.3) is 5.91 Å². The maximum absolute atomic E-state index is 12.3. The lowest BCUT2D eigenvalue weighted by Crippen LogP contribution is -2.12. The molecule has 0 aliphatic rings. The molecule has 160 valence electrons. The fourth-order valence-corrected chi connectivity index (χ4v) is 3.43. The number of carbonyl (C=O) groups is 2. The minimum absolute atomic E-state index is 0.185. The molecule has 0 bridgehead atoms. The molecule has 3 aromatic carbocycles. The molecule has 0 aromatic heterocycles. The van der Waals surface area contributed by atoms with Crippen LogP contribution in [0.3, 0.4) is 0 Å². The van der Waals surface area contributed by atoms with E-state index in [-0.39, 0.29) is 18.3 Å². The molecule has 0 aliphatic carbocycles. The van der Waals surface area contributed by atoms with Crippen molar-refractivity contribution < 1.29 is 23.8 Å². The average Bonchev–Trinajstić information content (AvgIpc) is 2.79. The van der Waals surface area contributed by atoms with Crippen molar-refractivity contribution in [1.29, 1.82) is 0 Å². The monoisotopic (exact) mass is 483 g/mol. The zero-order valence-electron chi connectivity index (χ0n) is 17.2. The standard InChI is InChI=1S/C24H22BrNO5/c1-29-21-14-17(20(25)15-22(21)30-2)10-13-23(27)31-19-11-8-16(9-12-19)24(28)26-18-6-4-3-5-7-18/h3-9,11-12,14-15H,10,13H2,1-2H3,(H,26,28). The number of methoxy groups -OCH3 is 2. The molecule has 0 fully saturated rings. The molecule has 0 spiro atoms. The Morgan fingerprint density at radius 2 is 1.55 bits per heavy atom. The van der Waals surface area contributed by atoms with Gasteiger partial charge in [-0.25, -0.2) is 0 Å². The van der Waals surface area contributed by atoms with Gasteiger partial charge in [0.15, 0.2) is 11.5 Å². The molecular weight excluding hydrogens is 462 g/mol. The van der Waals surface area contributed by atoms with Crippen LogP contribution in [0, 0.1) is 0 Å². The highest BCUT2D eigenvalue weighted by molar-refractivity contribution is 9.10. The van der Waals surface area contributed by atoms with Crippen molar-refractivity contribution in [2.75, 3.05) is 19.5 Å². The van der Waals surface area contributed by atoms with Crippen LogP contribution in [0.5, 0.6) is 17.2 Å². The Morgan fingerprint density at radius 1 is 0.903 bits per heavy atom. The zero-order chi connectivity index (χ0) is 22.2. The van der Waals surface area contributed by atoms with E-state index in [1.165, 1.54) is 0 Å². The Hall–Kier alpha value is -3.32. The summed E-state index contributed by atoms with van der Waals surface area (Å²) >= 11 is 3.49. The van der Waals surface area contributed by atoms with Gasteiger partial charge in [0.2, 0.25) is 0 Å². The van der Waals surface area contributed by atoms with Gasteiger partial charge in [-0.05, 0) is 60.5 Å². The molecule has 0 atom stereocenters. The maximum atomic E-state index is 12.3. The van der Waals surface area contributed by atoms with Crippen molar-refractivity contribution in [3.8, 4) is 17.2 Å². The van der Waals surface area contributed by atoms with E-state index in [0.717, 1.165) is 10.0 Å². The molecule has 1 amide bonds. The third kappa shape index (κ3) is 6.08. The predicted octanol–water partition coefficient (Wildman–Crippen LogP) is 5.26. The summed E-state index contributed by atoms with van der Waals surface area (Å²) in [6.07, 6.45) is 0.654. The first-order chi connectivity index (χ1) is 15.0. The van der Waals surface area contributed by atoms with Gasteiger partial charge in [0.1, 0.15) is 5.75 Å². The summed E-state index contributed by atoms with van der Waals surface area (Å²) in [5.74, 6) is 0.980. The van der Waals surface area contributed by atoms with Crippen molar-refractivity contribution in [3.63, 3.8) is 0 Å². The Morgan fingerprint density at radius 3 is 2.19 bits per heavy atom. The normalized spacial score (nSPS) is 10.3. The Kier molecular flexibility index (Phi) is 7.67. The highest BCUT2D eigenvalue weighted by Gasteiger charge is 2.13. The topological polar surface area (TPSA) is 73.9 Å². The number of benzene rings is 3. The van der Waals surface area contributed by atoms with Gasteiger partial charge in [0, 0.05) is 15.7 Å². The second-order valence-corrected chi connectivity index (χ2v) is 7.47. The number of carbonyl (C=O) groups excluding carboxylic acids is 2. The van der Waals surface area contributed by atoms with Crippen LogP contribution in [0.4, 0.5) is 5.69 Å². The number of anilines is 1. The van der Waals surface area contributed by atoms with Crippen molar-refractivity contribution in [2.24, 2.45) is 0 Å². The van der Waals surface area contributed by atoms with E-state index in [9.17, 15) is 9.59 Å². The Bertz CT molecular complexity index is 1050. The molecular formula is C24H22BrNO5. The average molecular weight is 484 g/mol. The van der Waals surface area contributed by atoms with Crippen LogP contribution in [-0.2, 0) is 11.2 Å². The minimum Gasteiger partial charge on any atom is -0.493 e. The van der Waals surface area contributed by atoms with Gasteiger partial charge < -0.3 is 19.5 Å². The molecule has 3 rings (SSSR count). The highest BCUT2D eigenvalue weighted by Crippen LogP contribution is 2.33. The van der Waals surface area contributed by atoms with Crippen molar-refractivity contribution in [1.82, 2.24) is 0 Å². The van der Waals surface area contributed by atoms with E-state index in [2.05, 4.69) is 21.2 Å². The van der Waals surface area contributed by atoms with Crippen molar-refractivity contribution in [2.45, 2.75) is 12.8 Å². The van der Waals surface area contributed by atoms with Gasteiger partial charge >= 0.3 is 5.97 Å². The van der Waals surface area contributed by atoms with Crippen LogP contribution in [-0.4, -0.2) is 26.1 Å². The zero-order valence-corrected chi connectivity index (χ0v) is 18.8. The quantitative estimate of drug-likeness (QED) is 0.349. The predicted molar refractivity (Wildman–Crippen MR) is 122 cm³/mol. The van der Waals surface area contributed by atoms with Crippen LogP contribution in [0.15, 0.2) is 71.2 Å². The van der Waals surface area contributed by atoms with Crippen LogP contribution < -0.4 is 19.5 Å². The van der Waals surface area contributed by atoms with Crippen LogP contribution >= 0.6 is 15.9 Å². The second kappa shape index (κ2) is 10.6. The van der Waals surface area contributed by atoms with E-state index >= 15 is 0 Å². The lowest BCUT2D eigenvalue weighted by molar-refractivity contribution is -0.134. The molecule has 6 nitrogen and oxygen atoms in total. The number of rotatable bonds is 8. The summed E-state index contributed by atoms with van der Waals surface area (Å²) < 4.78 is 16.8. The summed E-state index contributed by atoms with van der Waals surface area (Å²) in [6.45, 7) is 0. The van der Waals surface area contributed by atoms with Gasteiger partial charge in [-0.3, -0.25) is 9.59 Å². The van der Waals surface area contributed by atoms with Gasteiger partial charge in [-0.15, -0.1) is 0 Å². The van der Waals surface area contributed by atoms with Gasteiger partial charge in [0.05, 0.1) is 20.6 Å². The summed E-state index contributed by atoms with van der Waals surface area (Å²) in [5.41, 5.74) is 2.09. The third-order valence-corrected chi connectivity index (χ3v) is 5.27. The smallest absolute Gasteiger partial charge is 0.311 e. The fourth-order valence-electron chi connectivity index (χ4n) is 2.91. The molecule has 7 heteroatoms. The maximum Gasteiger partial charge on any atom is 0.311 e. The summed E-state index contributed by atoms with van der Waals surface area (Å²) in [5, 5.41) is 2.81. The molecule has 0 aliphatic heterocycles. The number of halogens is 1.